The molecule has 0 aromatic carbocycles. The molecule has 0 amide bonds. The lowest BCUT2D eigenvalue weighted by Crippen LogP contribution is -2.05. The number of nitrogens with zero attached hydrogens (tertiary/aromatic N) is 2. The second-order valence-corrected chi connectivity index (χ2v) is 18.2. The molecular weight excluding hydrogens is 816 g/mol. The Hall–Kier alpha value is -2.44. The maximum atomic E-state index is 5.40. The Morgan fingerprint density at radius 1 is 0.393 bits per heavy atom. The van der Waals surface area contributed by atoms with Crippen LogP contribution in [0, 0.1) is 0 Å². The predicted octanol–water partition coefficient (Wildman–Crippen LogP) is 17.8. The van der Waals surface area contributed by atoms with Gasteiger partial charge in [-0.1, -0.05) is 156 Å². The van der Waals surface area contributed by atoms with Crippen LogP contribution in [-0.4, -0.2) is 19.9 Å². The van der Waals surface area contributed by atoms with Crippen molar-refractivity contribution in [1.82, 2.24) is 19.9 Å². The molecule has 0 spiro atoms. The van der Waals surface area contributed by atoms with Gasteiger partial charge in [-0.3, -0.25) is 0 Å². The van der Waals surface area contributed by atoms with Crippen LogP contribution >= 0.6 is 31.9 Å². The minimum Gasteiger partial charge on any atom is -0.354 e. The standard InChI is InChI=1S/C50H72Br2N4/c1-5-9-13-17-19-23-27-37(25-21-15-11-7-3)47-39-29-33-43(53-39)49(51)45-35-31-41(55-45)48(38(26-22-16-12-8-4)28-24-20-18-14-10-6-2)42-32-36-46(56-42)50(52)44-34-30-40(47)54-44/h29-38,53-54H,5-28H2,1-4H3. The summed E-state index contributed by atoms with van der Waals surface area (Å²) in [6, 6.07) is 9.12. The van der Waals surface area contributed by atoms with Crippen LogP contribution in [0.1, 0.15) is 228 Å². The first-order chi connectivity index (χ1) is 27.5. The minimum absolute atomic E-state index is 0.423. The number of aromatic nitrogens is 4. The Morgan fingerprint density at radius 2 is 0.696 bits per heavy atom. The SMILES string of the molecule is CCCCCCCCC(CCCCCC)c1c2nc(c(Br)c3ccc([nH]3)c(C(CCCCCC)CCCCCCCC)c3ccc([nH]3)c(Br)c3nc1C=C3)C=C2. The van der Waals surface area contributed by atoms with Crippen LogP contribution in [0.3, 0.4) is 0 Å². The average Bonchev–Trinajstić information content (AvgIpc) is 4.05. The molecule has 56 heavy (non-hydrogen) atoms. The third kappa shape index (κ3) is 12.8. The zero-order valence-corrected chi connectivity index (χ0v) is 38.6. The maximum absolute atomic E-state index is 5.40. The van der Waals surface area contributed by atoms with Gasteiger partial charge in [0, 0.05) is 22.2 Å². The van der Waals surface area contributed by atoms with E-state index in [1.165, 1.54) is 176 Å². The van der Waals surface area contributed by atoms with E-state index in [2.05, 4.69) is 118 Å². The summed E-state index contributed by atoms with van der Waals surface area (Å²) in [5.41, 5.74) is 11.4. The number of rotatable bonds is 26. The van der Waals surface area contributed by atoms with E-state index in [4.69, 9.17) is 9.97 Å². The Kier molecular flexibility index (Phi) is 19.5. The molecule has 2 atom stereocenters. The monoisotopic (exact) mass is 886 g/mol. The van der Waals surface area contributed by atoms with Crippen LogP contribution in [0.15, 0.2) is 33.2 Å². The van der Waals surface area contributed by atoms with Gasteiger partial charge >= 0.3 is 0 Å². The van der Waals surface area contributed by atoms with Crippen molar-refractivity contribution in [2.45, 2.75) is 194 Å². The fourth-order valence-electron chi connectivity index (χ4n) is 8.88. The van der Waals surface area contributed by atoms with Crippen LogP contribution in [-0.2, 0) is 0 Å². The van der Waals surface area contributed by atoms with E-state index in [0.717, 1.165) is 42.8 Å². The third-order valence-corrected chi connectivity index (χ3v) is 13.8. The number of fused-ring (bicyclic) bond motifs is 8. The molecule has 3 aromatic heterocycles. The van der Waals surface area contributed by atoms with Crippen molar-refractivity contribution in [3.8, 4) is 0 Å². The first-order valence-electron chi connectivity index (χ1n) is 23.0. The quantitative estimate of drug-likeness (QED) is 0.0544. The van der Waals surface area contributed by atoms with Crippen LogP contribution in [0.25, 0.3) is 46.4 Å². The number of halogens is 2. The zero-order valence-electron chi connectivity index (χ0n) is 35.4. The molecule has 2 aliphatic heterocycles. The van der Waals surface area contributed by atoms with Crippen LogP contribution in [0.5, 0.6) is 0 Å². The highest BCUT2D eigenvalue weighted by atomic mass is 79.9. The van der Waals surface area contributed by atoms with Gasteiger partial charge in [0.15, 0.2) is 0 Å². The number of aromatic amines is 2. The van der Waals surface area contributed by atoms with E-state index in [1.54, 1.807) is 0 Å². The normalized spacial score (nSPS) is 13.5. The fourth-order valence-corrected chi connectivity index (χ4v) is 9.79. The van der Waals surface area contributed by atoms with Crippen molar-refractivity contribution < 1.29 is 0 Å². The van der Waals surface area contributed by atoms with Gasteiger partial charge in [0.25, 0.3) is 0 Å². The summed E-state index contributed by atoms with van der Waals surface area (Å²) in [7, 11) is 0. The Bertz CT molecular complexity index is 1760. The highest BCUT2D eigenvalue weighted by Crippen LogP contribution is 2.39. The summed E-state index contributed by atoms with van der Waals surface area (Å²) in [6.45, 7) is 9.22. The van der Waals surface area contributed by atoms with Crippen LogP contribution in [0.4, 0.5) is 0 Å². The first kappa shape index (κ1) is 44.7. The van der Waals surface area contributed by atoms with Crippen molar-refractivity contribution in [2.75, 3.05) is 0 Å². The summed E-state index contributed by atoms with van der Waals surface area (Å²) in [5, 5.41) is 0. The Morgan fingerprint density at radius 3 is 1.09 bits per heavy atom. The molecule has 0 saturated carbocycles. The van der Waals surface area contributed by atoms with Crippen molar-refractivity contribution in [3.63, 3.8) is 0 Å². The molecule has 3 aromatic rings. The summed E-state index contributed by atoms with van der Waals surface area (Å²) in [6.07, 6.45) is 39.8. The molecule has 0 fully saturated rings. The summed E-state index contributed by atoms with van der Waals surface area (Å²) in [5.74, 6) is 0.894. The highest BCUT2D eigenvalue weighted by Gasteiger charge is 2.23. The van der Waals surface area contributed by atoms with Crippen molar-refractivity contribution in [3.05, 3.63) is 67.1 Å². The number of unbranched alkanes of at least 4 members (excludes halogenated alkanes) is 16. The molecule has 5 heterocycles. The van der Waals surface area contributed by atoms with Crippen LogP contribution in [0.2, 0.25) is 0 Å². The molecule has 2 unspecified atom stereocenters. The van der Waals surface area contributed by atoms with E-state index in [1.807, 2.05) is 0 Å². The van der Waals surface area contributed by atoms with Crippen molar-refractivity contribution in [1.29, 1.82) is 0 Å². The lowest BCUT2D eigenvalue weighted by molar-refractivity contribution is 0.489. The summed E-state index contributed by atoms with van der Waals surface area (Å²) < 4.78 is 2.04. The van der Waals surface area contributed by atoms with E-state index < -0.39 is 0 Å². The maximum Gasteiger partial charge on any atom is 0.0800 e. The van der Waals surface area contributed by atoms with Crippen molar-refractivity contribution in [2.24, 2.45) is 0 Å². The molecule has 5 rings (SSSR count). The molecule has 0 aliphatic carbocycles. The van der Waals surface area contributed by atoms with E-state index in [-0.39, 0.29) is 0 Å². The van der Waals surface area contributed by atoms with E-state index in [9.17, 15) is 0 Å². The average molecular weight is 889 g/mol. The molecule has 0 radical (unpaired) electrons. The van der Waals surface area contributed by atoms with Gasteiger partial charge in [-0.05, 0) is 118 Å². The molecule has 2 aliphatic rings. The first-order valence-corrected chi connectivity index (χ1v) is 24.5. The topological polar surface area (TPSA) is 57.4 Å². The van der Waals surface area contributed by atoms with Crippen LogP contribution < -0.4 is 0 Å². The van der Waals surface area contributed by atoms with Crippen molar-refractivity contribution >= 4 is 78.2 Å². The molecule has 306 valence electrons. The Balaban J connectivity index is 1.64. The molecule has 0 saturated heterocycles. The van der Waals surface area contributed by atoms with E-state index in [0.29, 0.717) is 11.8 Å². The fraction of sp³-hybridized carbons (Fsp3) is 0.600. The zero-order chi connectivity index (χ0) is 39.5. The molecule has 2 N–H and O–H groups in total. The predicted molar refractivity (Wildman–Crippen MR) is 253 cm³/mol. The largest absolute Gasteiger partial charge is 0.354 e. The highest BCUT2D eigenvalue weighted by molar-refractivity contribution is 9.11. The Labute approximate surface area is 356 Å². The third-order valence-electron chi connectivity index (χ3n) is 12.1. The number of H-pyrrole nitrogens is 2. The molecular formula is C50H72Br2N4. The van der Waals surface area contributed by atoms with Gasteiger partial charge in [0.2, 0.25) is 0 Å². The molecule has 6 heteroatoms. The van der Waals surface area contributed by atoms with Gasteiger partial charge in [-0.2, -0.15) is 0 Å². The van der Waals surface area contributed by atoms with Gasteiger partial charge in [-0.15, -0.1) is 0 Å². The number of hydrogen-bond acceptors (Lipinski definition) is 2. The molecule has 8 bridgehead atoms. The lowest BCUT2D eigenvalue weighted by Gasteiger charge is -2.19. The van der Waals surface area contributed by atoms with Gasteiger partial charge in [0.1, 0.15) is 0 Å². The number of nitrogens with one attached hydrogen (secondary N) is 2. The molecule has 4 nitrogen and oxygen atoms in total. The number of hydrogen-bond donors (Lipinski definition) is 2. The van der Waals surface area contributed by atoms with E-state index >= 15 is 0 Å². The summed E-state index contributed by atoms with van der Waals surface area (Å²) in [4.78, 5) is 18.6. The summed E-state index contributed by atoms with van der Waals surface area (Å²) >= 11 is 8.11. The van der Waals surface area contributed by atoms with Gasteiger partial charge in [-0.25, -0.2) is 9.97 Å². The second-order valence-electron chi connectivity index (χ2n) is 16.7. The second kappa shape index (κ2) is 24.5. The lowest BCUT2D eigenvalue weighted by atomic mass is 9.86. The smallest absolute Gasteiger partial charge is 0.0800 e. The van der Waals surface area contributed by atoms with Gasteiger partial charge < -0.3 is 9.97 Å². The van der Waals surface area contributed by atoms with Gasteiger partial charge in [0.05, 0.1) is 42.8 Å². The minimum atomic E-state index is 0.423.